The molecule has 20 heteroatoms. The molecule has 0 amide bonds. The molecular formula is C94H180Cl4N4O8Ti4-4. The molecule has 672 valence electrons. The van der Waals surface area contributed by atoms with Crippen LogP contribution < -0.4 is 0 Å². The van der Waals surface area contributed by atoms with Gasteiger partial charge in [-0.25, -0.2) is 0 Å². The zero-order chi connectivity index (χ0) is 83.8. The van der Waals surface area contributed by atoms with Gasteiger partial charge in [0.25, 0.3) is 0 Å². The van der Waals surface area contributed by atoms with Gasteiger partial charge in [0.15, 0.2) is 0 Å². The number of halogens is 4. The van der Waals surface area contributed by atoms with Gasteiger partial charge < -0.3 is 90.9 Å². The maximum Gasteiger partial charge on any atom is 0 e. The standard InChI is InChI=1S/2C23H34N2O.4C10H20.4CH4O.4CH3.4ClH.2H2O.4Ti/c2*1-16-10-21(11-17(2)20(16)5)14-24(6)8-9-25(7)15-22-12-18(3)23(26)19(4)13-22;4*1-6-7(2)9(4)10(5)8(6)3;4*1-2;;;;;;;;;;;;;;/h2*10-13,26H,8-9,14-15H2,1-7H3;4*6-10H,1-5H3;4*2H,1H3;4*1H3;4*1H;2*1H2;;;;/q;;;;;;;;;;4*-1;;;;;;;;;2*+2/p-4. The second-order valence-corrected chi connectivity index (χ2v) is 38.3. The van der Waals surface area contributed by atoms with E-state index >= 15 is 0 Å². The molecule has 0 aromatic heterocycles. The number of nitrogens with zero attached hydrogens (tertiary/aromatic N) is 4. The fraction of sp³-hybridized carbons (Fsp3) is 0.702. The van der Waals surface area contributed by atoms with Crippen LogP contribution in [-0.4, -0.2) is 144 Å². The Balaban J connectivity index is -0.000000109. The number of hydrogen-bond acceptors (Lipinski definition) is 10. The first-order valence-corrected chi connectivity index (χ1v) is 48.2. The Bertz CT molecular complexity index is 2310. The summed E-state index contributed by atoms with van der Waals surface area (Å²) in [5.74, 6) is 19.5. The molecule has 0 bridgehead atoms. The number of likely N-dealkylation sites (N-methyl/N-ethyl adjacent to an activating group) is 4. The minimum absolute atomic E-state index is 0. The number of aryl methyl sites for hydroxylation is 8. The van der Waals surface area contributed by atoms with Gasteiger partial charge in [0.05, 0.1) is 0 Å². The van der Waals surface area contributed by atoms with Gasteiger partial charge in [-0.1, -0.05) is 187 Å². The van der Waals surface area contributed by atoms with Gasteiger partial charge in [0.1, 0.15) is 11.5 Å². The maximum atomic E-state index is 9.92. The van der Waals surface area contributed by atoms with Gasteiger partial charge in [-0.2, -0.15) is 0 Å². The van der Waals surface area contributed by atoms with Crippen molar-refractivity contribution in [2.24, 2.45) is 118 Å². The fourth-order valence-electron chi connectivity index (χ4n) is 16.5. The zero-order valence-electron chi connectivity index (χ0n) is 80.8. The fourth-order valence-corrected chi connectivity index (χ4v) is 16.5. The van der Waals surface area contributed by atoms with Crippen molar-refractivity contribution < 1.29 is 119 Å². The van der Waals surface area contributed by atoms with Crippen LogP contribution in [0, 0.1) is 217 Å². The van der Waals surface area contributed by atoms with Crippen LogP contribution in [0.2, 0.25) is 0 Å². The van der Waals surface area contributed by atoms with Crippen molar-refractivity contribution in [3.63, 3.8) is 0 Å². The predicted octanol–water partition coefficient (Wildman–Crippen LogP) is 23.1. The average Bonchev–Trinajstić information content (AvgIpc) is 1.69. The summed E-state index contributed by atoms with van der Waals surface area (Å²) in [5, 5.41) is 47.8. The van der Waals surface area contributed by atoms with E-state index in [1.165, 1.54) is 55.6 Å². The smallest absolute Gasteiger partial charge is 0 e. The summed E-state index contributed by atoms with van der Waals surface area (Å²) in [4.78, 5) is 9.45. The van der Waals surface area contributed by atoms with E-state index in [4.69, 9.17) is 57.6 Å². The molecule has 0 unspecified atom stereocenters. The normalized spacial score (nSPS) is 25.2. The number of rotatable bonds is 14. The molecule has 0 radical (unpaired) electrons. The largest absolute Gasteiger partial charge is 0 e. The average molecular weight is 1830 g/mol. The monoisotopic (exact) mass is 1830 g/mol. The van der Waals surface area contributed by atoms with E-state index in [2.05, 4.69) is 276 Å². The second-order valence-electron chi connectivity index (χ2n) is 33.1. The Morgan fingerprint density at radius 1 is 0.246 bits per heavy atom. The number of phenols is 2. The molecular weight excluding hydrogens is 1650 g/mol. The van der Waals surface area contributed by atoms with Gasteiger partial charge in [-0.3, -0.25) is 0 Å². The molecule has 4 aromatic rings. The second kappa shape index (κ2) is 74.5. The Labute approximate surface area is 771 Å². The summed E-state index contributed by atoms with van der Waals surface area (Å²) in [6.07, 6.45) is 0. The van der Waals surface area contributed by atoms with E-state index in [0.717, 1.165) is 221 Å². The molecule has 4 aliphatic carbocycles. The molecule has 4 aliphatic rings. The number of aromatic hydroxyl groups is 2. The van der Waals surface area contributed by atoms with Crippen LogP contribution in [0.4, 0.5) is 0 Å². The topological polar surface area (TPSA) is 197 Å². The van der Waals surface area contributed by atoms with E-state index in [1.54, 1.807) is 0 Å². The third-order valence-electron chi connectivity index (χ3n) is 27.2. The minimum atomic E-state index is -0.556. The Hall–Kier alpha value is 0.0971. The minimum Gasteiger partial charge on any atom is 0 e. The first kappa shape index (κ1) is 140. The van der Waals surface area contributed by atoms with Crippen molar-refractivity contribution in [3.05, 3.63) is 156 Å². The van der Waals surface area contributed by atoms with E-state index in [0.29, 0.717) is 11.5 Å². The van der Waals surface area contributed by atoms with E-state index in [1.807, 2.05) is 27.7 Å². The van der Waals surface area contributed by atoms with Gasteiger partial charge in [0, 0.05) is 124 Å². The number of phenolic OH excluding ortho intramolecular Hbond substituents is 2. The first-order valence-electron chi connectivity index (χ1n) is 39.6. The van der Waals surface area contributed by atoms with Crippen molar-refractivity contribution in [1.29, 1.82) is 0 Å². The Kier molecular flexibility index (Phi) is 91.5. The van der Waals surface area contributed by atoms with Gasteiger partial charge in [-0.15, -0.1) is 0 Å². The molecule has 4 aromatic carbocycles. The molecule has 4 fully saturated rings. The van der Waals surface area contributed by atoms with Crippen LogP contribution in [0.25, 0.3) is 0 Å². The molecule has 0 aliphatic heterocycles. The van der Waals surface area contributed by atoms with Gasteiger partial charge >= 0.3 is 71.3 Å². The van der Waals surface area contributed by atoms with E-state index < -0.39 is 34.1 Å². The number of aliphatic hydroxyl groups excluding tert-OH is 4. The molecule has 4 saturated carbocycles. The summed E-state index contributed by atoms with van der Waals surface area (Å²) in [6.45, 7) is 76.8. The number of hydrogen-bond donors (Lipinski definition) is 6. The Morgan fingerprint density at radius 2 is 0.333 bits per heavy atom. The summed E-state index contributed by atoms with van der Waals surface area (Å²) in [5.41, 5.74) is 17.4. The van der Waals surface area contributed by atoms with Crippen LogP contribution >= 0.6 is 37.2 Å². The SMILES string of the molecule is CC1C(C)C(C)C(C)C1C.CC1C(C)C(C)C(C)C1C.CC1C(C)C(C)C(C)C1C.CC1C(C)C(C)C(C)C1C.CO.CO.CO.CO.Cc1cc(CN(C)CCN(C)Cc2cc(C)c(O)c(C)c2)cc(C)c1C.Cc1cc(CN(C)CCN(C)Cc2cc(C)c(O)c(C)c2)cc(C)c1C.O.O.[CH3-].[CH3-].[CH3-].[CH3-].[Cl][Ti][Cl].[Cl][Ti][Cl].[Ti].[Ti]. The predicted molar refractivity (Wildman–Crippen MR) is 494 cm³/mol. The van der Waals surface area contributed by atoms with E-state index in [9.17, 15) is 10.2 Å². The van der Waals surface area contributed by atoms with E-state index in [-0.39, 0.29) is 84.1 Å². The molecule has 8 rings (SSSR count). The third-order valence-corrected chi connectivity index (χ3v) is 27.2. The maximum absolute atomic E-state index is 9.92. The first-order chi connectivity index (χ1) is 49.4. The number of benzene rings is 4. The summed E-state index contributed by atoms with van der Waals surface area (Å²) in [7, 11) is 32.2. The zero-order valence-corrected chi connectivity index (χ0v) is 90.1. The quantitative estimate of drug-likeness (QED) is 0.0522. The summed E-state index contributed by atoms with van der Waals surface area (Å²) >= 11 is -1.11. The van der Waals surface area contributed by atoms with Crippen molar-refractivity contribution >= 4 is 37.2 Å². The molecule has 10 N–H and O–H groups in total. The van der Waals surface area contributed by atoms with Gasteiger partial charge in [-0.05, 0) is 294 Å². The molecule has 12 nitrogen and oxygen atoms in total. The molecule has 0 heterocycles. The molecule has 0 spiro atoms. The van der Waals surface area contributed by atoms with Crippen LogP contribution in [0.1, 0.15) is 216 Å². The van der Waals surface area contributed by atoms with Gasteiger partial charge in [0.2, 0.25) is 0 Å². The third kappa shape index (κ3) is 47.8. The molecule has 114 heavy (non-hydrogen) atoms. The summed E-state index contributed by atoms with van der Waals surface area (Å²) < 4.78 is 0. The number of aliphatic hydroxyl groups is 4. The van der Waals surface area contributed by atoms with Crippen LogP contribution in [0.15, 0.2) is 48.5 Å². The van der Waals surface area contributed by atoms with Crippen molar-refractivity contribution in [2.75, 3.05) is 82.8 Å². The molecule has 0 atom stereocenters. The van der Waals surface area contributed by atoms with Crippen LogP contribution in [0.5, 0.6) is 11.5 Å². The van der Waals surface area contributed by atoms with Crippen LogP contribution in [0.3, 0.4) is 0 Å². The van der Waals surface area contributed by atoms with Crippen molar-refractivity contribution in [2.45, 2.75) is 234 Å². The summed E-state index contributed by atoms with van der Waals surface area (Å²) in [6, 6.07) is 17.6. The van der Waals surface area contributed by atoms with Crippen molar-refractivity contribution in [1.82, 2.24) is 19.6 Å². The molecule has 0 saturated heterocycles. The Morgan fingerprint density at radius 3 is 0.430 bits per heavy atom. The van der Waals surface area contributed by atoms with Crippen LogP contribution in [-0.2, 0) is 104 Å². The van der Waals surface area contributed by atoms with Crippen molar-refractivity contribution in [3.8, 4) is 11.5 Å².